The zero-order valence-corrected chi connectivity index (χ0v) is 10.1. The van der Waals surface area contributed by atoms with Gasteiger partial charge in [0.05, 0.1) is 11.8 Å². The Hall–Kier alpha value is -1.62. The van der Waals surface area contributed by atoms with Gasteiger partial charge in [-0.2, -0.15) is 0 Å². The Morgan fingerprint density at radius 1 is 1.33 bits per heavy atom. The first-order valence-corrected chi connectivity index (χ1v) is 6.37. The van der Waals surface area contributed by atoms with Crippen molar-refractivity contribution in [3.05, 3.63) is 24.0 Å². The van der Waals surface area contributed by atoms with E-state index in [9.17, 15) is 9.90 Å². The Bertz CT molecular complexity index is 463. The van der Waals surface area contributed by atoms with Crippen LogP contribution in [-0.4, -0.2) is 39.0 Å². The number of carbonyl (C=O) groups excluding carboxylic acids is 1. The second kappa shape index (κ2) is 4.24. The van der Waals surface area contributed by atoms with E-state index >= 15 is 0 Å². The average Bonchev–Trinajstić information content (AvgIpc) is 2.61. The Labute approximate surface area is 106 Å². The molecule has 3 rings (SSSR count). The number of aromatic nitrogens is 1. The first-order valence-electron chi connectivity index (χ1n) is 6.37. The monoisotopic (exact) mass is 247 g/mol. The van der Waals surface area contributed by atoms with Crippen molar-refractivity contribution in [1.29, 1.82) is 0 Å². The summed E-state index contributed by atoms with van der Waals surface area (Å²) in [5.74, 6) is -0.000271. The molecule has 1 amide bonds. The summed E-state index contributed by atoms with van der Waals surface area (Å²) in [4.78, 5) is 18.3. The fourth-order valence-corrected chi connectivity index (χ4v) is 3.24. The van der Waals surface area contributed by atoms with Crippen LogP contribution >= 0.6 is 0 Å². The molecule has 0 radical (unpaired) electrons. The van der Waals surface area contributed by atoms with Gasteiger partial charge in [-0.25, -0.2) is 0 Å². The lowest BCUT2D eigenvalue weighted by atomic mass is 9.97. The number of hydrogen-bond donors (Lipinski definition) is 2. The zero-order valence-electron chi connectivity index (χ0n) is 10.1. The lowest BCUT2D eigenvalue weighted by Crippen LogP contribution is -2.50. The summed E-state index contributed by atoms with van der Waals surface area (Å²) in [6, 6.07) is 2.21. The van der Waals surface area contributed by atoms with Crippen LogP contribution in [0.1, 0.15) is 36.0 Å². The molecule has 3 heterocycles. The van der Waals surface area contributed by atoms with Gasteiger partial charge in [0, 0.05) is 24.3 Å². The highest BCUT2D eigenvalue weighted by atomic mass is 16.3. The van der Waals surface area contributed by atoms with Crippen LogP contribution in [-0.2, 0) is 0 Å². The summed E-state index contributed by atoms with van der Waals surface area (Å²) in [5, 5.41) is 9.40. The van der Waals surface area contributed by atoms with Crippen molar-refractivity contribution in [2.75, 3.05) is 0 Å². The van der Waals surface area contributed by atoms with Crippen molar-refractivity contribution in [3.63, 3.8) is 0 Å². The van der Waals surface area contributed by atoms with Gasteiger partial charge >= 0.3 is 0 Å². The minimum Gasteiger partial charge on any atom is -0.506 e. The number of rotatable bonds is 1. The van der Waals surface area contributed by atoms with E-state index in [-0.39, 0.29) is 29.8 Å². The van der Waals surface area contributed by atoms with Crippen LogP contribution in [0.25, 0.3) is 0 Å². The van der Waals surface area contributed by atoms with Gasteiger partial charge in [-0.15, -0.1) is 0 Å². The third kappa shape index (κ3) is 1.84. The molecule has 2 saturated heterocycles. The van der Waals surface area contributed by atoms with Crippen LogP contribution < -0.4 is 5.73 Å². The molecule has 1 aromatic heterocycles. The van der Waals surface area contributed by atoms with Gasteiger partial charge < -0.3 is 15.7 Å². The molecule has 0 spiro atoms. The van der Waals surface area contributed by atoms with Crippen molar-refractivity contribution in [1.82, 2.24) is 9.88 Å². The number of hydrogen-bond acceptors (Lipinski definition) is 4. The molecule has 2 aliphatic rings. The number of amides is 1. The molecule has 2 atom stereocenters. The van der Waals surface area contributed by atoms with Crippen LogP contribution in [0.3, 0.4) is 0 Å². The molecule has 3 N–H and O–H groups in total. The number of nitrogens with zero attached hydrogens (tertiary/aromatic N) is 2. The molecule has 5 nitrogen and oxygen atoms in total. The fourth-order valence-electron chi connectivity index (χ4n) is 3.24. The normalized spacial score (nSPS) is 30.5. The Morgan fingerprint density at radius 2 is 2.00 bits per heavy atom. The molecule has 5 heteroatoms. The first kappa shape index (κ1) is 11.5. The van der Waals surface area contributed by atoms with Crippen molar-refractivity contribution in [2.45, 2.75) is 43.8 Å². The maximum atomic E-state index is 12.5. The van der Waals surface area contributed by atoms with E-state index < -0.39 is 0 Å². The number of aromatic hydroxyl groups is 1. The molecule has 96 valence electrons. The Balaban J connectivity index is 1.85. The van der Waals surface area contributed by atoms with Crippen molar-refractivity contribution < 1.29 is 9.90 Å². The standard InChI is InChI=1S/C13H17N3O2/c14-9-4-10-1-2-11(5-9)16(10)13(18)8-3-12(17)7-15-6-8/h3,6-7,9-11,17H,1-2,4-5,14H2. The summed E-state index contributed by atoms with van der Waals surface area (Å²) < 4.78 is 0. The lowest BCUT2D eigenvalue weighted by Gasteiger charge is -2.37. The van der Waals surface area contributed by atoms with E-state index in [1.54, 1.807) is 0 Å². The Kier molecular flexibility index (Phi) is 2.70. The summed E-state index contributed by atoms with van der Waals surface area (Å²) in [5.41, 5.74) is 6.45. The van der Waals surface area contributed by atoms with E-state index in [1.165, 1.54) is 18.5 Å². The second-order valence-electron chi connectivity index (χ2n) is 5.26. The van der Waals surface area contributed by atoms with Crippen molar-refractivity contribution >= 4 is 5.91 Å². The van der Waals surface area contributed by atoms with Gasteiger partial charge in [0.15, 0.2) is 0 Å². The van der Waals surface area contributed by atoms with Gasteiger partial charge in [0.1, 0.15) is 5.75 Å². The average molecular weight is 247 g/mol. The minimum absolute atomic E-state index is 0.0295. The van der Waals surface area contributed by atoms with Crippen LogP contribution in [0, 0.1) is 0 Å². The van der Waals surface area contributed by atoms with E-state index in [1.807, 2.05) is 4.90 Å². The number of carbonyl (C=O) groups is 1. The molecule has 1 aromatic rings. The minimum atomic E-state index is -0.0298. The molecule has 0 aliphatic carbocycles. The molecule has 2 unspecified atom stereocenters. The molecule has 0 aromatic carbocycles. The molecule has 2 aliphatic heterocycles. The molecular weight excluding hydrogens is 230 g/mol. The predicted molar refractivity (Wildman–Crippen MR) is 66.1 cm³/mol. The van der Waals surface area contributed by atoms with Gasteiger partial charge in [-0.3, -0.25) is 9.78 Å². The SMILES string of the molecule is NC1CC2CCC(C1)N2C(=O)c1cncc(O)c1. The van der Waals surface area contributed by atoms with Gasteiger partial charge in [-0.05, 0) is 31.7 Å². The largest absolute Gasteiger partial charge is 0.506 e. The number of piperidine rings is 1. The zero-order chi connectivity index (χ0) is 12.7. The summed E-state index contributed by atoms with van der Waals surface area (Å²) in [6.07, 6.45) is 6.68. The van der Waals surface area contributed by atoms with Crippen molar-refractivity contribution in [3.8, 4) is 5.75 Å². The van der Waals surface area contributed by atoms with E-state index in [0.717, 1.165) is 25.7 Å². The second-order valence-corrected chi connectivity index (χ2v) is 5.26. The van der Waals surface area contributed by atoms with Gasteiger partial charge in [0.25, 0.3) is 5.91 Å². The number of fused-ring (bicyclic) bond motifs is 2. The molecule has 0 saturated carbocycles. The van der Waals surface area contributed by atoms with Crippen LogP contribution in [0.5, 0.6) is 5.75 Å². The Morgan fingerprint density at radius 3 is 2.61 bits per heavy atom. The topological polar surface area (TPSA) is 79.5 Å². The molecule has 2 bridgehead atoms. The predicted octanol–water partition coefficient (Wildman–Crippen LogP) is 0.881. The van der Waals surface area contributed by atoms with Crippen LogP contribution in [0.2, 0.25) is 0 Å². The van der Waals surface area contributed by atoms with E-state index in [2.05, 4.69) is 4.98 Å². The first-order chi connectivity index (χ1) is 8.65. The lowest BCUT2D eigenvalue weighted by molar-refractivity contribution is 0.0574. The van der Waals surface area contributed by atoms with Crippen LogP contribution in [0.15, 0.2) is 18.5 Å². The van der Waals surface area contributed by atoms with Crippen LogP contribution in [0.4, 0.5) is 0 Å². The highest BCUT2D eigenvalue weighted by Gasteiger charge is 2.42. The maximum Gasteiger partial charge on any atom is 0.256 e. The van der Waals surface area contributed by atoms with Gasteiger partial charge in [0.2, 0.25) is 0 Å². The third-order valence-electron chi connectivity index (χ3n) is 3.97. The highest BCUT2D eigenvalue weighted by Crippen LogP contribution is 2.36. The maximum absolute atomic E-state index is 12.5. The third-order valence-corrected chi connectivity index (χ3v) is 3.97. The van der Waals surface area contributed by atoms with E-state index in [0.29, 0.717) is 5.56 Å². The summed E-state index contributed by atoms with van der Waals surface area (Å²) in [7, 11) is 0. The molecule has 18 heavy (non-hydrogen) atoms. The number of nitrogens with two attached hydrogens (primary N) is 1. The molecule has 2 fully saturated rings. The summed E-state index contributed by atoms with van der Waals surface area (Å²) in [6.45, 7) is 0. The number of pyridine rings is 1. The highest BCUT2D eigenvalue weighted by molar-refractivity contribution is 5.95. The van der Waals surface area contributed by atoms with Gasteiger partial charge in [-0.1, -0.05) is 0 Å². The quantitative estimate of drug-likeness (QED) is 0.772. The van der Waals surface area contributed by atoms with E-state index in [4.69, 9.17) is 5.73 Å². The summed E-state index contributed by atoms with van der Waals surface area (Å²) >= 11 is 0. The fraction of sp³-hybridized carbons (Fsp3) is 0.538. The van der Waals surface area contributed by atoms with Crippen molar-refractivity contribution in [2.24, 2.45) is 5.73 Å². The molecular formula is C13H17N3O2. The smallest absolute Gasteiger partial charge is 0.256 e.